The normalized spacial score (nSPS) is 25.7. The number of nitrogens with two attached hydrogens (primary N) is 1. The highest BCUT2D eigenvalue weighted by Gasteiger charge is 2.44. The zero-order valence-corrected chi connectivity index (χ0v) is 11.2. The number of hydrogen-bond acceptors (Lipinski definition) is 4. The second kappa shape index (κ2) is 5.05. The molecule has 2 aliphatic rings. The van der Waals surface area contributed by atoms with Crippen molar-refractivity contribution >= 4 is 15.9 Å². The average Bonchev–Trinajstić information content (AvgIpc) is 2.98. The molecule has 0 amide bonds. The molecule has 0 aromatic heterocycles. The highest BCUT2D eigenvalue weighted by atomic mass is 32.2. The Bertz CT molecular complexity index is 421. The van der Waals surface area contributed by atoms with Gasteiger partial charge >= 0.3 is 0 Å². The van der Waals surface area contributed by atoms with Crippen molar-refractivity contribution in [2.45, 2.75) is 62.2 Å². The van der Waals surface area contributed by atoms with Gasteiger partial charge in [-0.15, -0.1) is 0 Å². The van der Waals surface area contributed by atoms with Gasteiger partial charge in [0.2, 0.25) is 10.0 Å². The van der Waals surface area contributed by atoms with E-state index in [2.05, 4.69) is 9.88 Å². The Hall–Kier alpha value is -0.820. The molecule has 0 aromatic rings. The number of rotatable bonds is 4. The van der Waals surface area contributed by atoms with E-state index in [0.29, 0.717) is 25.7 Å². The lowest BCUT2D eigenvalue weighted by Gasteiger charge is -2.29. The van der Waals surface area contributed by atoms with Crippen LogP contribution in [0.2, 0.25) is 0 Å². The van der Waals surface area contributed by atoms with Crippen molar-refractivity contribution in [1.82, 2.24) is 4.72 Å². The lowest BCUT2D eigenvalue weighted by atomic mass is 9.98. The van der Waals surface area contributed by atoms with Crippen LogP contribution >= 0.6 is 0 Å². The molecule has 2 saturated carbocycles. The van der Waals surface area contributed by atoms with Crippen LogP contribution in [0.4, 0.5) is 0 Å². The summed E-state index contributed by atoms with van der Waals surface area (Å²) in [4.78, 5) is 0. The van der Waals surface area contributed by atoms with Crippen LogP contribution in [0.3, 0.4) is 0 Å². The van der Waals surface area contributed by atoms with E-state index < -0.39 is 15.6 Å². The molecule has 4 N–H and O–H groups in total. The largest absolute Gasteiger partial charge is 0.409 e. The number of sulfonamides is 1. The average molecular weight is 275 g/mol. The number of hydrogen-bond donors (Lipinski definition) is 3. The number of nitrogens with one attached hydrogen (secondary N) is 1. The quantitative estimate of drug-likeness (QED) is 0.307. The molecule has 0 unspecified atom stereocenters. The van der Waals surface area contributed by atoms with Crippen LogP contribution in [0.25, 0.3) is 0 Å². The summed E-state index contributed by atoms with van der Waals surface area (Å²) in [7, 11) is -3.38. The zero-order chi connectivity index (χ0) is 13.2. The molecule has 0 aliphatic heterocycles. The van der Waals surface area contributed by atoms with E-state index in [1.165, 1.54) is 0 Å². The Kier molecular flexibility index (Phi) is 3.82. The summed E-state index contributed by atoms with van der Waals surface area (Å²) in [5.74, 6) is -0.0124. The van der Waals surface area contributed by atoms with Crippen molar-refractivity contribution < 1.29 is 13.6 Å². The minimum absolute atomic E-state index is 0.0124. The molecule has 18 heavy (non-hydrogen) atoms. The van der Waals surface area contributed by atoms with Gasteiger partial charge in [0.15, 0.2) is 5.84 Å². The molecular formula is C11H21N3O3S. The summed E-state index contributed by atoms with van der Waals surface area (Å²) in [5, 5.41) is 11.6. The fraction of sp³-hybridized carbons (Fsp3) is 0.909. The molecule has 6 nitrogen and oxygen atoms in total. The summed E-state index contributed by atoms with van der Waals surface area (Å²) < 4.78 is 27.3. The van der Waals surface area contributed by atoms with Crippen molar-refractivity contribution in [3.05, 3.63) is 0 Å². The second-order valence-electron chi connectivity index (χ2n) is 5.33. The highest BCUT2D eigenvalue weighted by molar-refractivity contribution is 7.90. The summed E-state index contributed by atoms with van der Waals surface area (Å²) in [6.45, 7) is 0. The maximum atomic E-state index is 12.3. The fourth-order valence-electron chi connectivity index (χ4n) is 3.04. The Morgan fingerprint density at radius 3 is 2.28 bits per heavy atom. The standard InChI is InChI=1S/C11H21N3O3S/c12-10(13-15)11(7-3-4-8-11)14-18(16,17)9-5-1-2-6-9/h9,14-15H,1-8H2,(H2,12,13). The van der Waals surface area contributed by atoms with E-state index in [4.69, 9.17) is 10.9 Å². The predicted octanol–water partition coefficient (Wildman–Crippen LogP) is 0.908. The summed E-state index contributed by atoms with van der Waals surface area (Å²) in [5.41, 5.74) is 4.83. The number of amidine groups is 1. The monoisotopic (exact) mass is 275 g/mol. The minimum Gasteiger partial charge on any atom is -0.409 e. The first kappa shape index (κ1) is 13.6. The molecule has 104 valence electrons. The van der Waals surface area contributed by atoms with Gasteiger partial charge in [-0.05, 0) is 25.7 Å². The van der Waals surface area contributed by atoms with Gasteiger partial charge in [-0.3, -0.25) is 0 Å². The van der Waals surface area contributed by atoms with E-state index in [1.807, 2.05) is 0 Å². The third-order valence-electron chi connectivity index (χ3n) is 4.13. The van der Waals surface area contributed by atoms with Crippen LogP contribution in [0.5, 0.6) is 0 Å². The number of nitrogens with zero attached hydrogens (tertiary/aromatic N) is 1. The molecule has 2 rings (SSSR count). The lowest BCUT2D eigenvalue weighted by molar-refractivity contribution is 0.309. The molecule has 2 fully saturated rings. The third-order valence-corrected chi connectivity index (χ3v) is 6.16. The summed E-state index contributed by atoms with van der Waals surface area (Å²) in [6.07, 6.45) is 6.34. The van der Waals surface area contributed by atoms with Gasteiger partial charge in [0.1, 0.15) is 0 Å². The third kappa shape index (κ3) is 2.47. The minimum atomic E-state index is -3.38. The number of oxime groups is 1. The summed E-state index contributed by atoms with van der Waals surface area (Å²) in [6, 6.07) is 0. The maximum absolute atomic E-state index is 12.3. The highest BCUT2D eigenvalue weighted by Crippen LogP contribution is 2.33. The van der Waals surface area contributed by atoms with Gasteiger partial charge in [0.05, 0.1) is 10.8 Å². The van der Waals surface area contributed by atoms with Crippen molar-refractivity contribution in [2.24, 2.45) is 10.9 Å². The Labute approximate surface area is 108 Å². The lowest BCUT2D eigenvalue weighted by Crippen LogP contribution is -2.57. The topological polar surface area (TPSA) is 105 Å². The molecule has 0 radical (unpaired) electrons. The maximum Gasteiger partial charge on any atom is 0.215 e. The van der Waals surface area contributed by atoms with Crippen molar-refractivity contribution in [3.8, 4) is 0 Å². The Morgan fingerprint density at radius 1 is 1.22 bits per heavy atom. The fourth-order valence-corrected chi connectivity index (χ4v) is 5.01. The molecule has 0 heterocycles. The molecule has 0 bridgehead atoms. The molecule has 0 aromatic carbocycles. The van der Waals surface area contributed by atoms with Gasteiger partial charge in [-0.25, -0.2) is 13.1 Å². The van der Waals surface area contributed by atoms with Crippen LogP contribution in [0.1, 0.15) is 51.4 Å². The van der Waals surface area contributed by atoms with E-state index in [-0.39, 0.29) is 11.1 Å². The van der Waals surface area contributed by atoms with Gasteiger partial charge in [-0.2, -0.15) is 0 Å². The Balaban J connectivity index is 2.19. The first-order chi connectivity index (χ1) is 8.50. The molecular weight excluding hydrogens is 254 g/mol. The van der Waals surface area contributed by atoms with Crippen LogP contribution in [0, 0.1) is 0 Å². The van der Waals surface area contributed by atoms with Gasteiger partial charge in [0.25, 0.3) is 0 Å². The smallest absolute Gasteiger partial charge is 0.215 e. The first-order valence-corrected chi connectivity index (χ1v) is 8.06. The van der Waals surface area contributed by atoms with Crippen LogP contribution in [-0.2, 0) is 10.0 Å². The molecule has 7 heteroatoms. The van der Waals surface area contributed by atoms with Crippen molar-refractivity contribution in [1.29, 1.82) is 0 Å². The van der Waals surface area contributed by atoms with Crippen LogP contribution in [-0.4, -0.2) is 30.2 Å². The van der Waals surface area contributed by atoms with E-state index in [1.54, 1.807) is 0 Å². The van der Waals surface area contributed by atoms with Crippen molar-refractivity contribution in [2.75, 3.05) is 0 Å². The van der Waals surface area contributed by atoms with E-state index >= 15 is 0 Å². The van der Waals surface area contributed by atoms with Crippen molar-refractivity contribution in [3.63, 3.8) is 0 Å². The van der Waals surface area contributed by atoms with Gasteiger partial charge in [0, 0.05) is 0 Å². The molecule has 2 aliphatic carbocycles. The van der Waals surface area contributed by atoms with E-state index in [0.717, 1.165) is 25.7 Å². The SMILES string of the molecule is NC(=NO)C1(NS(=O)(=O)C2CCCC2)CCCC1. The zero-order valence-electron chi connectivity index (χ0n) is 10.4. The second-order valence-corrected chi connectivity index (χ2v) is 7.29. The van der Waals surface area contributed by atoms with Gasteiger partial charge < -0.3 is 10.9 Å². The van der Waals surface area contributed by atoms with Crippen LogP contribution in [0.15, 0.2) is 5.16 Å². The van der Waals surface area contributed by atoms with Gasteiger partial charge in [-0.1, -0.05) is 30.8 Å². The Morgan fingerprint density at radius 2 is 1.78 bits per heavy atom. The first-order valence-electron chi connectivity index (χ1n) is 6.51. The predicted molar refractivity (Wildman–Crippen MR) is 68.9 cm³/mol. The molecule has 0 spiro atoms. The summed E-state index contributed by atoms with van der Waals surface area (Å²) >= 11 is 0. The molecule has 0 saturated heterocycles. The molecule has 0 atom stereocenters. The van der Waals surface area contributed by atoms with E-state index in [9.17, 15) is 8.42 Å². The van der Waals surface area contributed by atoms with Crippen LogP contribution < -0.4 is 10.5 Å².